The molecule has 1 saturated heterocycles. The van der Waals surface area contributed by atoms with E-state index in [1.165, 1.54) is 0 Å². The maximum Gasteiger partial charge on any atom is 0.414 e. The lowest BCUT2D eigenvalue weighted by molar-refractivity contribution is 0.147. The molecule has 7 nitrogen and oxygen atoms in total. The zero-order valence-corrected chi connectivity index (χ0v) is 17.3. The van der Waals surface area contributed by atoms with Crippen LogP contribution in [-0.2, 0) is 4.74 Å². The van der Waals surface area contributed by atoms with E-state index in [2.05, 4.69) is 16.0 Å². The van der Waals surface area contributed by atoms with E-state index in [0.29, 0.717) is 35.2 Å². The molecule has 3 N–H and O–H groups in total. The van der Waals surface area contributed by atoms with Crippen LogP contribution in [0.15, 0.2) is 78.9 Å². The van der Waals surface area contributed by atoms with Gasteiger partial charge in [-0.1, -0.05) is 35.9 Å². The minimum absolute atomic E-state index is 0.280. The van der Waals surface area contributed by atoms with Crippen molar-refractivity contribution in [1.29, 1.82) is 0 Å². The number of carbonyl (C=O) groups is 2. The van der Waals surface area contributed by atoms with E-state index < -0.39 is 12.1 Å². The Kier molecular flexibility index (Phi) is 6.24. The standard InChI is InChI=1S/C23H21ClN4O3/c24-16-9-11-18(12-10-16)26-22(29)27-19-7-4-8-20(13-19)28-15-21(31-23(28)30)14-25-17-5-2-1-3-6-17/h1-13,21,25H,14-15H2,(H2,26,27,29). The molecule has 1 fully saturated rings. The van der Waals surface area contributed by atoms with Crippen LogP contribution in [0.3, 0.4) is 0 Å². The molecule has 0 aromatic heterocycles. The van der Waals surface area contributed by atoms with E-state index >= 15 is 0 Å². The summed E-state index contributed by atoms with van der Waals surface area (Å²) in [6.07, 6.45) is -0.694. The summed E-state index contributed by atoms with van der Waals surface area (Å²) >= 11 is 5.86. The highest BCUT2D eigenvalue weighted by Crippen LogP contribution is 2.25. The van der Waals surface area contributed by atoms with Crippen molar-refractivity contribution < 1.29 is 14.3 Å². The number of ether oxygens (including phenoxy) is 1. The Hall–Kier alpha value is -3.71. The minimum Gasteiger partial charge on any atom is -0.442 e. The molecule has 1 aliphatic heterocycles. The molecule has 3 amide bonds. The molecular formula is C23H21ClN4O3. The van der Waals surface area contributed by atoms with Gasteiger partial charge in [0, 0.05) is 27.8 Å². The number of hydrogen-bond acceptors (Lipinski definition) is 4. The Labute approximate surface area is 185 Å². The number of nitrogens with one attached hydrogen (secondary N) is 3. The number of urea groups is 1. The maximum absolute atomic E-state index is 12.4. The summed E-state index contributed by atoms with van der Waals surface area (Å²) in [5.41, 5.74) is 2.80. The molecule has 8 heteroatoms. The number of nitrogens with zero attached hydrogens (tertiary/aromatic N) is 1. The number of amides is 3. The van der Waals surface area contributed by atoms with Crippen LogP contribution in [0.1, 0.15) is 0 Å². The summed E-state index contributed by atoms with van der Waals surface area (Å²) in [5, 5.41) is 9.36. The van der Waals surface area contributed by atoms with Gasteiger partial charge in [-0.25, -0.2) is 9.59 Å². The molecule has 1 unspecified atom stereocenters. The fourth-order valence-corrected chi connectivity index (χ4v) is 3.33. The molecule has 0 aliphatic carbocycles. The smallest absolute Gasteiger partial charge is 0.414 e. The fraction of sp³-hybridized carbons (Fsp3) is 0.130. The molecule has 1 aliphatic rings. The summed E-state index contributed by atoms with van der Waals surface area (Å²) in [6.45, 7) is 0.923. The van der Waals surface area contributed by atoms with Crippen LogP contribution in [0, 0.1) is 0 Å². The monoisotopic (exact) mass is 436 g/mol. The zero-order chi connectivity index (χ0) is 21.6. The maximum atomic E-state index is 12.4. The second-order valence-electron chi connectivity index (χ2n) is 7.00. The number of rotatable bonds is 6. The molecule has 0 saturated carbocycles. The van der Waals surface area contributed by atoms with E-state index in [0.717, 1.165) is 5.69 Å². The quantitative estimate of drug-likeness (QED) is 0.481. The number of benzene rings is 3. The van der Waals surface area contributed by atoms with Gasteiger partial charge in [-0.3, -0.25) is 4.90 Å². The molecule has 1 heterocycles. The van der Waals surface area contributed by atoms with Crippen molar-refractivity contribution in [1.82, 2.24) is 0 Å². The van der Waals surface area contributed by atoms with Crippen LogP contribution in [0.25, 0.3) is 0 Å². The van der Waals surface area contributed by atoms with Crippen LogP contribution in [0.4, 0.5) is 32.3 Å². The Bertz CT molecular complexity index is 1060. The van der Waals surface area contributed by atoms with Gasteiger partial charge in [0.25, 0.3) is 0 Å². The van der Waals surface area contributed by atoms with Crippen LogP contribution in [0.2, 0.25) is 5.02 Å². The molecular weight excluding hydrogens is 416 g/mol. The highest BCUT2D eigenvalue weighted by molar-refractivity contribution is 6.30. The minimum atomic E-state index is -0.414. The first kappa shape index (κ1) is 20.6. The number of hydrogen-bond donors (Lipinski definition) is 3. The van der Waals surface area contributed by atoms with Gasteiger partial charge in [0.2, 0.25) is 0 Å². The Morgan fingerprint density at radius 3 is 2.42 bits per heavy atom. The van der Waals surface area contributed by atoms with Crippen molar-refractivity contribution in [3.63, 3.8) is 0 Å². The highest BCUT2D eigenvalue weighted by atomic mass is 35.5. The summed E-state index contributed by atoms with van der Waals surface area (Å²) in [5.74, 6) is 0. The van der Waals surface area contributed by atoms with Crippen molar-refractivity contribution in [3.05, 3.63) is 83.9 Å². The highest BCUT2D eigenvalue weighted by Gasteiger charge is 2.32. The molecule has 3 aromatic carbocycles. The van der Waals surface area contributed by atoms with Crippen molar-refractivity contribution in [2.45, 2.75) is 6.10 Å². The molecule has 158 valence electrons. The summed E-state index contributed by atoms with van der Waals surface area (Å²) in [6, 6.07) is 23.2. The first-order chi connectivity index (χ1) is 15.1. The molecule has 0 bridgehead atoms. The van der Waals surface area contributed by atoms with Crippen molar-refractivity contribution in [2.75, 3.05) is 33.9 Å². The van der Waals surface area contributed by atoms with Gasteiger partial charge in [0.15, 0.2) is 0 Å². The van der Waals surface area contributed by atoms with Crippen LogP contribution >= 0.6 is 11.6 Å². The molecule has 0 radical (unpaired) electrons. The predicted molar refractivity (Wildman–Crippen MR) is 123 cm³/mol. The SMILES string of the molecule is O=C(Nc1ccc(Cl)cc1)Nc1cccc(N2CC(CNc3ccccc3)OC2=O)c1. The molecule has 3 aromatic rings. The number of cyclic esters (lactones) is 1. The van der Waals surface area contributed by atoms with E-state index in [4.69, 9.17) is 16.3 Å². The van der Waals surface area contributed by atoms with Gasteiger partial charge in [0.1, 0.15) is 6.10 Å². The van der Waals surface area contributed by atoms with E-state index in [-0.39, 0.29) is 6.10 Å². The molecule has 0 spiro atoms. The van der Waals surface area contributed by atoms with Gasteiger partial charge in [-0.15, -0.1) is 0 Å². The summed E-state index contributed by atoms with van der Waals surface area (Å²) in [4.78, 5) is 26.2. The van der Waals surface area contributed by atoms with Crippen LogP contribution < -0.4 is 20.9 Å². The molecule has 1 atom stereocenters. The van der Waals surface area contributed by atoms with Crippen molar-refractivity contribution >= 4 is 46.5 Å². The van der Waals surface area contributed by atoms with Gasteiger partial charge in [-0.2, -0.15) is 0 Å². The van der Waals surface area contributed by atoms with Gasteiger partial charge in [0.05, 0.1) is 13.1 Å². The second-order valence-corrected chi connectivity index (χ2v) is 7.44. The van der Waals surface area contributed by atoms with E-state index in [9.17, 15) is 9.59 Å². The third-order valence-corrected chi connectivity index (χ3v) is 4.95. The van der Waals surface area contributed by atoms with E-state index in [1.807, 2.05) is 30.3 Å². The topological polar surface area (TPSA) is 82.7 Å². The Balaban J connectivity index is 1.35. The second kappa shape index (κ2) is 9.40. The number of para-hydroxylation sites is 1. The van der Waals surface area contributed by atoms with Crippen LogP contribution in [-0.4, -0.2) is 31.3 Å². The largest absolute Gasteiger partial charge is 0.442 e. The summed E-state index contributed by atoms with van der Waals surface area (Å²) < 4.78 is 5.47. The first-order valence-corrected chi connectivity index (χ1v) is 10.2. The van der Waals surface area contributed by atoms with Crippen molar-refractivity contribution in [2.24, 2.45) is 0 Å². The number of anilines is 4. The average Bonchev–Trinajstić information content (AvgIpc) is 3.15. The molecule has 31 heavy (non-hydrogen) atoms. The fourth-order valence-electron chi connectivity index (χ4n) is 3.20. The summed E-state index contributed by atoms with van der Waals surface area (Å²) in [7, 11) is 0. The lowest BCUT2D eigenvalue weighted by atomic mass is 10.2. The van der Waals surface area contributed by atoms with Crippen LogP contribution in [0.5, 0.6) is 0 Å². The predicted octanol–water partition coefficient (Wildman–Crippen LogP) is 5.42. The number of carbonyl (C=O) groups excluding carboxylic acids is 2. The van der Waals surface area contributed by atoms with E-state index in [1.54, 1.807) is 53.4 Å². The number of halogens is 1. The lowest BCUT2D eigenvalue weighted by Gasteiger charge is -2.15. The molecule has 4 rings (SSSR count). The van der Waals surface area contributed by atoms with Crippen molar-refractivity contribution in [3.8, 4) is 0 Å². The average molecular weight is 437 g/mol. The Morgan fingerprint density at radius 1 is 0.935 bits per heavy atom. The third-order valence-electron chi connectivity index (χ3n) is 4.70. The van der Waals surface area contributed by atoms with Gasteiger partial charge < -0.3 is 20.7 Å². The van der Waals surface area contributed by atoms with Gasteiger partial charge >= 0.3 is 12.1 Å². The lowest BCUT2D eigenvalue weighted by Crippen LogP contribution is -2.27. The third kappa shape index (κ3) is 5.46. The Morgan fingerprint density at radius 2 is 1.65 bits per heavy atom. The normalized spacial score (nSPS) is 15.3. The zero-order valence-electron chi connectivity index (χ0n) is 16.5. The first-order valence-electron chi connectivity index (χ1n) is 9.77. The van der Waals surface area contributed by atoms with Gasteiger partial charge in [-0.05, 0) is 54.6 Å².